The Balaban J connectivity index is 1.80. The minimum atomic E-state index is 0.326. The number of aromatic nitrogens is 2. The second-order valence-electron chi connectivity index (χ2n) is 5.48. The molecule has 0 saturated carbocycles. The largest absolute Gasteiger partial charge is 0.339 e. The lowest BCUT2D eigenvalue weighted by molar-refractivity contribution is 0.339. The summed E-state index contributed by atoms with van der Waals surface area (Å²) in [6.07, 6.45) is 1.15. The molecule has 1 aromatic heterocycles. The van der Waals surface area contributed by atoms with Crippen LogP contribution in [0.25, 0.3) is 11.4 Å². The van der Waals surface area contributed by atoms with Gasteiger partial charge in [-0.05, 0) is 25.5 Å². The maximum Gasteiger partial charge on any atom is 0.232 e. The predicted molar refractivity (Wildman–Crippen MR) is 86.6 cm³/mol. The molecule has 0 radical (unpaired) electrons. The highest BCUT2D eigenvalue weighted by Crippen LogP contribution is 2.33. The standard InChI is InChI=1S/C16H21N3OS/c1-3-8-17-14-10-21-9-13(14)16-18-15(19-20-16)12-7-5-4-6-11(12)2/h4-7,13-14,17H,3,8-10H2,1-2H3. The van der Waals surface area contributed by atoms with Gasteiger partial charge in [0, 0.05) is 23.1 Å². The van der Waals surface area contributed by atoms with E-state index in [1.54, 1.807) is 0 Å². The van der Waals surface area contributed by atoms with Crippen molar-refractivity contribution < 1.29 is 4.52 Å². The van der Waals surface area contributed by atoms with E-state index in [1.165, 1.54) is 5.56 Å². The van der Waals surface area contributed by atoms with Crippen LogP contribution in [0.1, 0.15) is 30.7 Å². The molecule has 1 N–H and O–H groups in total. The van der Waals surface area contributed by atoms with E-state index in [4.69, 9.17) is 4.52 Å². The van der Waals surface area contributed by atoms with Gasteiger partial charge < -0.3 is 9.84 Å². The molecule has 1 aliphatic heterocycles. The molecule has 3 rings (SSSR count). The number of nitrogens with one attached hydrogen (secondary N) is 1. The molecule has 2 aromatic rings. The van der Waals surface area contributed by atoms with Crippen molar-refractivity contribution in [1.29, 1.82) is 0 Å². The van der Waals surface area contributed by atoms with Crippen LogP contribution in [0.2, 0.25) is 0 Å². The van der Waals surface area contributed by atoms with E-state index in [-0.39, 0.29) is 0 Å². The summed E-state index contributed by atoms with van der Waals surface area (Å²) in [6.45, 7) is 5.30. The fourth-order valence-electron chi connectivity index (χ4n) is 2.65. The van der Waals surface area contributed by atoms with Gasteiger partial charge in [-0.2, -0.15) is 16.7 Å². The van der Waals surface area contributed by atoms with Gasteiger partial charge in [-0.1, -0.05) is 36.3 Å². The molecule has 0 bridgehead atoms. The fraction of sp³-hybridized carbons (Fsp3) is 0.500. The third-order valence-electron chi connectivity index (χ3n) is 3.88. The summed E-state index contributed by atoms with van der Waals surface area (Å²) in [4.78, 5) is 4.65. The molecular weight excluding hydrogens is 282 g/mol. The Kier molecular flexibility index (Phi) is 4.60. The van der Waals surface area contributed by atoms with Gasteiger partial charge in [-0.15, -0.1) is 0 Å². The first-order valence-corrected chi connectivity index (χ1v) is 8.65. The van der Waals surface area contributed by atoms with Gasteiger partial charge >= 0.3 is 0 Å². The third kappa shape index (κ3) is 3.14. The van der Waals surface area contributed by atoms with Crippen molar-refractivity contribution in [3.05, 3.63) is 35.7 Å². The Hall–Kier alpha value is -1.33. The Morgan fingerprint density at radius 1 is 1.33 bits per heavy atom. The predicted octanol–water partition coefficient (Wildman–Crippen LogP) is 3.24. The van der Waals surface area contributed by atoms with Crippen LogP contribution < -0.4 is 5.32 Å². The number of rotatable bonds is 5. The van der Waals surface area contributed by atoms with Crippen LogP contribution in [0.15, 0.2) is 28.8 Å². The molecular formula is C16H21N3OS. The van der Waals surface area contributed by atoms with E-state index in [9.17, 15) is 0 Å². The topological polar surface area (TPSA) is 51.0 Å². The van der Waals surface area contributed by atoms with Crippen LogP contribution in [0, 0.1) is 6.92 Å². The van der Waals surface area contributed by atoms with Crippen molar-refractivity contribution in [1.82, 2.24) is 15.5 Å². The zero-order valence-corrected chi connectivity index (χ0v) is 13.3. The Morgan fingerprint density at radius 3 is 3.00 bits per heavy atom. The Bertz CT molecular complexity index is 599. The lowest BCUT2D eigenvalue weighted by Gasteiger charge is -2.16. The van der Waals surface area contributed by atoms with E-state index in [1.807, 2.05) is 30.0 Å². The van der Waals surface area contributed by atoms with Gasteiger partial charge in [0.1, 0.15) is 0 Å². The summed E-state index contributed by atoms with van der Waals surface area (Å²) in [5.74, 6) is 3.97. The first-order valence-electron chi connectivity index (χ1n) is 7.50. The van der Waals surface area contributed by atoms with Gasteiger partial charge in [0.15, 0.2) is 0 Å². The van der Waals surface area contributed by atoms with Crippen LogP contribution in [0.3, 0.4) is 0 Å². The molecule has 112 valence electrons. The summed E-state index contributed by atoms with van der Waals surface area (Å²) >= 11 is 1.95. The van der Waals surface area contributed by atoms with Crippen molar-refractivity contribution in [3.8, 4) is 11.4 Å². The van der Waals surface area contributed by atoms with Crippen molar-refractivity contribution in [2.24, 2.45) is 0 Å². The third-order valence-corrected chi connectivity index (χ3v) is 5.07. The van der Waals surface area contributed by atoms with E-state index in [0.717, 1.165) is 35.9 Å². The number of benzene rings is 1. The second kappa shape index (κ2) is 6.62. The summed E-state index contributed by atoms with van der Waals surface area (Å²) in [5, 5.41) is 7.78. The van der Waals surface area contributed by atoms with E-state index in [2.05, 4.69) is 35.4 Å². The molecule has 1 fully saturated rings. The fourth-order valence-corrected chi connectivity index (χ4v) is 4.02. The van der Waals surface area contributed by atoms with Crippen LogP contribution in [-0.2, 0) is 0 Å². The van der Waals surface area contributed by atoms with Gasteiger partial charge in [0.25, 0.3) is 0 Å². The average molecular weight is 303 g/mol. The summed E-state index contributed by atoms with van der Waals surface area (Å²) in [5.41, 5.74) is 2.22. The van der Waals surface area contributed by atoms with E-state index in [0.29, 0.717) is 17.8 Å². The minimum absolute atomic E-state index is 0.326. The zero-order valence-electron chi connectivity index (χ0n) is 12.5. The maximum atomic E-state index is 5.55. The first kappa shape index (κ1) is 14.6. The van der Waals surface area contributed by atoms with Crippen LogP contribution in [0.5, 0.6) is 0 Å². The zero-order chi connectivity index (χ0) is 14.7. The van der Waals surface area contributed by atoms with Gasteiger partial charge in [0.2, 0.25) is 11.7 Å². The Morgan fingerprint density at radius 2 is 2.19 bits per heavy atom. The second-order valence-corrected chi connectivity index (χ2v) is 6.55. The number of hydrogen-bond acceptors (Lipinski definition) is 5. The average Bonchev–Trinajstić information content (AvgIpc) is 3.14. The van der Waals surface area contributed by atoms with Crippen molar-refractivity contribution >= 4 is 11.8 Å². The Labute approximate surface area is 129 Å². The monoisotopic (exact) mass is 303 g/mol. The molecule has 21 heavy (non-hydrogen) atoms. The molecule has 2 atom stereocenters. The SMILES string of the molecule is CCCNC1CSCC1c1nc(-c2ccccc2C)no1. The molecule has 0 spiro atoms. The quantitative estimate of drug-likeness (QED) is 0.919. The van der Waals surface area contributed by atoms with Crippen molar-refractivity contribution in [2.75, 3.05) is 18.1 Å². The molecule has 0 aliphatic carbocycles. The smallest absolute Gasteiger partial charge is 0.232 e. The van der Waals surface area contributed by atoms with Gasteiger partial charge in [0.05, 0.1) is 5.92 Å². The molecule has 5 heteroatoms. The highest BCUT2D eigenvalue weighted by Gasteiger charge is 2.33. The highest BCUT2D eigenvalue weighted by atomic mass is 32.2. The lowest BCUT2D eigenvalue weighted by Crippen LogP contribution is -2.34. The van der Waals surface area contributed by atoms with E-state index >= 15 is 0 Å². The molecule has 1 aliphatic rings. The molecule has 0 amide bonds. The van der Waals surface area contributed by atoms with Crippen LogP contribution >= 0.6 is 11.8 Å². The van der Waals surface area contributed by atoms with Crippen molar-refractivity contribution in [3.63, 3.8) is 0 Å². The maximum absolute atomic E-state index is 5.55. The van der Waals surface area contributed by atoms with Crippen LogP contribution in [0.4, 0.5) is 0 Å². The summed E-state index contributed by atoms with van der Waals surface area (Å²) in [6, 6.07) is 8.59. The summed E-state index contributed by atoms with van der Waals surface area (Å²) < 4.78 is 5.55. The molecule has 4 nitrogen and oxygen atoms in total. The number of nitrogens with zero attached hydrogens (tertiary/aromatic N) is 2. The molecule has 2 unspecified atom stereocenters. The van der Waals surface area contributed by atoms with Gasteiger partial charge in [-0.25, -0.2) is 0 Å². The normalized spacial score (nSPS) is 21.8. The molecule has 2 heterocycles. The number of aryl methyl sites for hydroxylation is 1. The minimum Gasteiger partial charge on any atom is -0.339 e. The molecule has 1 saturated heterocycles. The van der Waals surface area contributed by atoms with Gasteiger partial charge in [-0.3, -0.25) is 0 Å². The lowest BCUT2D eigenvalue weighted by atomic mass is 10.0. The van der Waals surface area contributed by atoms with E-state index < -0.39 is 0 Å². The highest BCUT2D eigenvalue weighted by molar-refractivity contribution is 7.99. The summed E-state index contributed by atoms with van der Waals surface area (Å²) in [7, 11) is 0. The van der Waals surface area contributed by atoms with Crippen LogP contribution in [-0.4, -0.2) is 34.2 Å². The van der Waals surface area contributed by atoms with Crippen molar-refractivity contribution in [2.45, 2.75) is 32.2 Å². The number of thioether (sulfide) groups is 1. The molecule has 1 aromatic carbocycles. The first-order chi connectivity index (χ1) is 10.3. The number of hydrogen-bond donors (Lipinski definition) is 1.